The average Bonchev–Trinajstić information content (AvgIpc) is 2.71. The number of rotatable bonds is 3. The Morgan fingerprint density at radius 3 is 2.65 bits per heavy atom. The molecule has 1 N–H and O–H groups in total. The number of hydrogen-bond acceptors (Lipinski definition) is 6. The Hall–Kier alpha value is -0.430. The molecule has 125 valence electrons. The summed E-state index contributed by atoms with van der Waals surface area (Å²) in [7, 11) is -4.78. The van der Waals surface area contributed by atoms with Gasteiger partial charge in [-0.15, -0.1) is 4.28 Å². The summed E-state index contributed by atoms with van der Waals surface area (Å²) in [6.45, 7) is 1.12. The van der Waals surface area contributed by atoms with E-state index in [1.807, 2.05) is 0 Å². The zero-order chi connectivity index (χ0) is 15.9. The first-order valence-electron chi connectivity index (χ1n) is 7.08. The van der Waals surface area contributed by atoms with Crippen molar-refractivity contribution in [2.75, 3.05) is 19.7 Å². The molecule has 3 aliphatic rings. The van der Waals surface area contributed by atoms with Gasteiger partial charge in [0.2, 0.25) is 0 Å². The number of urea groups is 1. The van der Waals surface area contributed by atoms with Crippen molar-refractivity contribution < 1.29 is 31.7 Å². The Morgan fingerprint density at radius 2 is 2.04 bits per heavy atom. The maximum absolute atomic E-state index is 12.5. The van der Waals surface area contributed by atoms with Gasteiger partial charge < -0.3 is 4.90 Å². The van der Waals surface area contributed by atoms with Gasteiger partial charge in [0.25, 0.3) is 5.91 Å². The predicted molar refractivity (Wildman–Crippen MR) is 76.0 cm³/mol. The molecule has 3 rings (SSSR count). The van der Waals surface area contributed by atoms with Gasteiger partial charge in [-0.25, -0.2) is 9.86 Å². The van der Waals surface area contributed by atoms with Crippen LogP contribution in [-0.2, 0) is 24.3 Å². The summed E-state index contributed by atoms with van der Waals surface area (Å²) in [6, 6.07) is -1.94. The number of carbonyl (C=O) groups is 2. The molecule has 0 aromatic heterocycles. The molecule has 3 fully saturated rings. The molecular formula is C11H17N3NaO7S. The van der Waals surface area contributed by atoms with Crippen molar-refractivity contribution in [2.45, 2.75) is 37.8 Å². The number of nitrogens with zero attached hydrogens (tertiary/aromatic N) is 3. The third-order valence-corrected chi connectivity index (χ3v) is 4.38. The van der Waals surface area contributed by atoms with Gasteiger partial charge in [0.05, 0.1) is 12.6 Å². The van der Waals surface area contributed by atoms with Crippen LogP contribution in [0.3, 0.4) is 0 Å². The van der Waals surface area contributed by atoms with E-state index in [0.717, 1.165) is 12.8 Å². The quantitative estimate of drug-likeness (QED) is 0.516. The van der Waals surface area contributed by atoms with E-state index in [9.17, 15) is 18.0 Å². The predicted octanol–water partition coefficient (Wildman–Crippen LogP) is -0.837. The largest absolute Gasteiger partial charge is 0.418 e. The van der Waals surface area contributed by atoms with Gasteiger partial charge in [0.1, 0.15) is 6.04 Å². The van der Waals surface area contributed by atoms with E-state index in [-0.39, 0.29) is 42.0 Å². The van der Waals surface area contributed by atoms with E-state index in [1.165, 1.54) is 9.96 Å². The molecule has 2 atom stereocenters. The number of hydrogen-bond donors (Lipinski definition) is 1. The van der Waals surface area contributed by atoms with Crippen molar-refractivity contribution in [3.05, 3.63) is 0 Å². The molecule has 3 aliphatic heterocycles. The molecule has 10 nitrogen and oxygen atoms in total. The van der Waals surface area contributed by atoms with Gasteiger partial charge in [0, 0.05) is 42.6 Å². The second-order valence-electron chi connectivity index (χ2n) is 5.49. The normalized spacial score (nSPS) is 27.9. The number of fused-ring (bicyclic) bond motifs is 2. The minimum atomic E-state index is -4.78. The molecule has 0 saturated carbocycles. The van der Waals surface area contributed by atoms with Crippen molar-refractivity contribution >= 4 is 51.9 Å². The van der Waals surface area contributed by atoms with Crippen LogP contribution in [0.25, 0.3) is 0 Å². The molecular weight excluding hydrogens is 341 g/mol. The summed E-state index contributed by atoms with van der Waals surface area (Å²) >= 11 is 0. The number of carbonyl (C=O) groups excluding carboxylic acids is 2. The SMILES string of the molecule is O=C([C@@H]1CC[C@@H]2CN1C(=O)N2OS(=O)(=O)O)N1CCCCO1.[Na]. The van der Waals surface area contributed by atoms with Crippen molar-refractivity contribution in [3.63, 3.8) is 0 Å². The molecule has 0 aromatic carbocycles. The van der Waals surface area contributed by atoms with Crippen molar-refractivity contribution in [3.8, 4) is 0 Å². The van der Waals surface area contributed by atoms with Crippen LogP contribution < -0.4 is 0 Å². The van der Waals surface area contributed by atoms with E-state index in [2.05, 4.69) is 4.28 Å². The molecule has 23 heavy (non-hydrogen) atoms. The molecule has 1 radical (unpaired) electrons. The number of hydroxylamine groups is 4. The fourth-order valence-corrected chi connectivity index (χ4v) is 3.41. The Balaban J connectivity index is 0.00000192. The van der Waals surface area contributed by atoms with Crippen LogP contribution in [0.2, 0.25) is 0 Å². The molecule has 12 heteroatoms. The first-order chi connectivity index (χ1) is 10.4. The summed E-state index contributed by atoms with van der Waals surface area (Å²) in [5.41, 5.74) is 0. The van der Waals surface area contributed by atoms with Crippen LogP contribution in [0.5, 0.6) is 0 Å². The summed E-state index contributed by atoms with van der Waals surface area (Å²) in [5.74, 6) is -0.305. The first-order valence-corrected chi connectivity index (χ1v) is 8.44. The molecule has 2 bridgehead atoms. The zero-order valence-corrected chi connectivity index (χ0v) is 15.6. The van der Waals surface area contributed by atoms with Gasteiger partial charge in [-0.05, 0) is 25.7 Å². The van der Waals surface area contributed by atoms with Crippen LogP contribution >= 0.6 is 0 Å². The van der Waals surface area contributed by atoms with Crippen molar-refractivity contribution in [1.29, 1.82) is 0 Å². The van der Waals surface area contributed by atoms with E-state index in [4.69, 9.17) is 9.39 Å². The summed E-state index contributed by atoms with van der Waals surface area (Å²) in [6.07, 6.45) is 2.52. The Kier molecular flexibility index (Phi) is 5.93. The maximum Gasteiger partial charge on any atom is 0.418 e. The van der Waals surface area contributed by atoms with E-state index < -0.39 is 28.5 Å². The van der Waals surface area contributed by atoms with Crippen LogP contribution in [0.15, 0.2) is 0 Å². The molecule has 3 saturated heterocycles. The third-order valence-electron chi connectivity index (χ3n) is 4.03. The second kappa shape index (κ2) is 7.21. The summed E-state index contributed by atoms with van der Waals surface area (Å²) in [4.78, 5) is 31.2. The minimum absolute atomic E-state index is 0. The van der Waals surface area contributed by atoms with Gasteiger partial charge >= 0.3 is 16.4 Å². The fourth-order valence-electron chi connectivity index (χ4n) is 3.03. The topological polar surface area (TPSA) is 117 Å². The Morgan fingerprint density at radius 1 is 1.30 bits per heavy atom. The molecule has 0 unspecified atom stereocenters. The van der Waals surface area contributed by atoms with Crippen LogP contribution in [0, 0.1) is 0 Å². The molecule has 0 aromatic rings. The maximum atomic E-state index is 12.5. The molecule has 3 amide bonds. The van der Waals surface area contributed by atoms with E-state index in [1.54, 1.807) is 0 Å². The monoisotopic (exact) mass is 358 g/mol. The standard InChI is InChI=1S/C11H17N3O7S.Na/c15-10(13-5-1-2-6-20-13)9-4-3-8-7-12(9)11(16)14(8)21-22(17,18)19;/h8-9H,1-7H2,(H,17,18,19);/t8-,9+;/m1./s1. The fraction of sp³-hybridized carbons (Fsp3) is 0.818. The average molecular weight is 358 g/mol. The summed E-state index contributed by atoms with van der Waals surface area (Å²) in [5, 5.41) is 1.90. The Bertz CT molecular complexity index is 580. The van der Waals surface area contributed by atoms with Gasteiger partial charge in [-0.1, -0.05) is 0 Å². The molecule has 0 spiro atoms. The van der Waals surface area contributed by atoms with Crippen molar-refractivity contribution in [2.24, 2.45) is 0 Å². The molecule has 3 heterocycles. The minimum Gasteiger partial charge on any atom is -0.309 e. The van der Waals surface area contributed by atoms with Gasteiger partial charge in [0.15, 0.2) is 0 Å². The third kappa shape index (κ3) is 3.98. The smallest absolute Gasteiger partial charge is 0.309 e. The number of piperidine rings is 1. The molecule has 0 aliphatic carbocycles. The van der Waals surface area contributed by atoms with Gasteiger partial charge in [-0.2, -0.15) is 13.5 Å². The van der Waals surface area contributed by atoms with Crippen molar-refractivity contribution in [1.82, 2.24) is 15.0 Å². The number of amides is 3. The van der Waals surface area contributed by atoms with Gasteiger partial charge in [-0.3, -0.25) is 14.2 Å². The van der Waals surface area contributed by atoms with E-state index in [0.29, 0.717) is 31.1 Å². The Labute approximate surface area is 155 Å². The van der Waals surface area contributed by atoms with E-state index >= 15 is 0 Å². The second-order valence-corrected chi connectivity index (χ2v) is 6.50. The van der Waals surface area contributed by atoms with Crippen LogP contribution in [0.4, 0.5) is 4.79 Å². The van der Waals surface area contributed by atoms with Crippen LogP contribution in [0.1, 0.15) is 25.7 Å². The van der Waals surface area contributed by atoms with Crippen LogP contribution in [-0.4, -0.2) is 101 Å². The zero-order valence-electron chi connectivity index (χ0n) is 12.8. The summed E-state index contributed by atoms with van der Waals surface area (Å²) < 4.78 is 34.7. The first kappa shape index (κ1) is 18.9.